The maximum atomic E-state index is 12.4. The molecule has 196 valence electrons. The van der Waals surface area contributed by atoms with Crippen molar-refractivity contribution in [1.82, 2.24) is 10.3 Å². The number of phenols is 1. The highest BCUT2D eigenvalue weighted by Gasteiger charge is 2.15. The van der Waals surface area contributed by atoms with Crippen LogP contribution in [0.15, 0.2) is 75.6 Å². The molecule has 3 N–H and O–H groups in total. The number of oxazole rings is 1. The van der Waals surface area contributed by atoms with Crippen molar-refractivity contribution >= 4 is 69.3 Å². The zero-order chi connectivity index (χ0) is 27.7. The highest BCUT2D eigenvalue weighted by molar-refractivity contribution is 7.80. The Hall–Kier alpha value is -4.11. The van der Waals surface area contributed by atoms with E-state index in [1.54, 1.807) is 42.5 Å². The summed E-state index contributed by atoms with van der Waals surface area (Å²) in [5.41, 5.74) is 5.04. The van der Waals surface area contributed by atoms with Crippen LogP contribution in [-0.2, 0) is 4.79 Å². The minimum Gasteiger partial charge on any atom is -0.507 e. The lowest BCUT2D eigenvalue weighted by atomic mass is 10.1. The van der Waals surface area contributed by atoms with E-state index in [9.17, 15) is 9.90 Å². The first-order valence-electron chi connectivity index (χ1n) is 11.7. The van der Waals surface area contributed by atoms with Crippen molar-refractivity contribution in [2.45, 2.75) is 13.8 Å². The van der Waals surface area contributed by atoms with Crippen LogP contribution >= 0.6 is 35.4 Å². The number of halogens is 2. The molecular weight excluding hydrogens is 557 g/mol. The van der Waals surface area contributed by atoms with Crippen molar-refractivity contribution in [1.29, 1.82) is 0 Å². The molecule has 10 heteroatoms. The molecule has 0 aliphatic heterocycles. The number of furan rings is 1. The standard InChI is InChI=1S/C29H21Cl2N3O4S/c1-15-11-16(2)27-23(12-15)33-28(38-27)21-8-4-18(14-24(21)35)32-29(39)34-26(36)10-6-19-5-9-25(37-19)20-7-3-17(30)13-22(20)31/h3-14,35H,1-2H3,(H2,32,34,36,39)/b10-6+. The van der Waals surface area contributed by atoms with Gasteiger partial charge in [0.1, 0.15) is 22.8 Å². The molecule has 0 atom stereocenters. The smallest absolute Gasteiger partial charge is 0.250 e. The van der Waals surface area contributed by atoms with Crippen LogP contribution in [0.25, 0.3) is 40.0 Å². The number of aryl methyl sites for hydroxylation is 2. The molecule has 5 aromatic rings. The van der Waals surface area contributed by atoms with Gasteiger partial charge in [0.2, 0.25) is 11.8 Å². The number of nitrogens with zero attached hydrogens (tertiary/aromatic N) is 1. The number of nitrogens with one attached hydrogen (secondary N) is 2. The van der Waals surface area contributed by atoms with Crippen molar-refractivity contribution in [2.75, 3.05) is 5.32 Å². The van der Waals surface area contributed by atoms with Crippen LogP contribution in [0.2, 0.25) is 10.0 Å². The molecular formula is C29H21Cl2N3O4S. The lowest BCUT2D eigenvalue weighted by Crippen LogP contribution is -2.32. The average Bonchev–Trinajstić information content (AvgIpc) is 3.50. The van der Waals surface area contributed by atoms with E-state index < -0.39 is 5.91 Å². The quantitative estimate of drug-likeness (QED) is 0.144. The number of aromatic hydroxyl groups is 1. The minimum atomic E-state index is -0.465. The summed E-state index contributed by atoms with van der Waals surface area (Å²) in [5, 5.41) is 17.1. The van der Waals surface area contributed by atoms with Gasteiger partial charge in [-0.05, 0) is 91.8 Å². The summed E-state index contributed by atoms with van der Waals surface area (Å²) in [7, 11) is 0. The third-order valence-electron chi connectivity index (χ3n) is 5.77. The fourth-order valence-electron chi connectivity index (χ4n) is 4.03. The molecule has 0 saturated heterocycles. The summed E-state index contributed by atoms with van der Waals surface area (Å²) >= 11 is 17.4. The monoisotopic (exact) mass is 577 g/mol. The summed E-state index contributed by atoms with van der Waals surface area (Å²) in [6.45, 7) is 3.94. The van der Waals surface area contributed by atoms with E-state index in [0.717, 1.165) is 16.6 Å². The summed E-state index contributed by atoms with van der Waals surface area (Å²) in [6, 6.07) is 17.3. The molecule has 0 bridgehead atoms. The Bertz CT molecular complexity index is 1770. The van der Waals surface area contributed by atoms with Crippen molar-refractivity contribution in [3.63, 3.8) is 0 Å². The van der Waals surface area contributed by atoms with E-state index >= 15 is 0 Å². The Morgan fingerprint density at radius 1 is 1.00 bits per heavy atom. The van der Waals surface area contributed by atoms with Gasteiger partial charge in [0.15, 0.2) is 10.7 Å². The van der Waals surface area contributed by atoms with Crippen LogP contribution in [0.4, 0.5) is 5.69 Å². The number of aromatic nitrogens is 1. The van der Waals surface area contributed by atoms with E-state index in [0.29, 0.717) is 49.9 Å². The second-order valence-electron chi connectivity index (χ2n) is 8.78. The molecule has 0 unspecified atom stereocenters. The van der Waals surface area contributed by atoms with Crippen molar-refractivity contribution < 1.29 is 18.7 Å². The molecule has 0 spiro atoms. The van der Waals surface area contributed by atoms with Gasteiger partial charge in [-0.25, -0.2) is 4.98 Å². The molecule has 0 saturated carbocycles. The van der Waals surface area contributed by atoms with Crippen LogP contribution in [0.1, 0.15) is 16.9 Å². The SMILES string of the molecule is Cc1cc(C)c2oc(-c3ccc(NC(=S)NC(=O)/C=C/c4ccc(-c5ccc(Cl)cc5Cl)o4)cc3O)nc2c1. The van der Waals surface area contributed by atoms with Crippen LogP contribution in [0.5, 0.6) is 5.75 Å². The predicted molar refractivity (Wildman–Crippen MR) is 158 cm³/mol. The first kappa shape index (κ1) is 26.5. The van der Waals surface area contributed by atoms with Gasteiger partial charge in [-0.15, -0.1) is 0 Å². The summed E-state index contributed by atoms with van der Waals surface area (Å²) in [6.07, 6.45) is 2.80. The third-order valence-corrected chi connectivity index (χ3v) is 6.52. The van der Waals surface area contributed by atoms with Crippen LogP contribution in [-0.4, -0.2) is 21.1 Å². The highest BCUT2D eigenvalue weighted by atomic mass is 35.5. The number of thiocarbonyl (C=S) groups is 1. The fraction of sp³-hybridized carbons (Fsp3) is 0.0690. The summed E-state index contributed by atoms with van der Waals surface area (Å²) in [5.74, 6) is 0.788. The first-order chi connectivity index (χ1) is 18.7. The van der Waals surface area contributed by atoms with Crippen LogP contribution in [0, 0.1) is 13.8 Å². The van der Waals surface area contributed by atoms with Gasteiger partial charge in [0, 0.05) is 28.4 Å². The summed E-state index contributed by atoms with van der Waals surface area (Å²) < 4.78 is 11.6. The average molecular weight is 578 g/mol. The molecule has 0 aliphatic rings. The Morgan fingerprint density at radius 3 is 2.56 bits per heavy atom. The number of rotatable bonds is 5. The molecule has 3 aromatic carbocycles. The Labute approximate surface area is 239 Å². The molecule has 5 rings (SSSR count). The molecule has 0 aliphatic carbocycles. The molecule has 2 heterocycles. The third kappa shape index (κ3) is 5.98. The van der Waals surface area contributed by atoms with E-state index in [-0.39, 0.29) is 10.9 Å². The number of fused-ring (bicyclic) bond motifs is 1. The molecule has 39 heavy (non-hydrogen) atoms. The maximum Gasteiger partial charge on any atom is 0.250 e. The zero-order valence-corrected chi connectivity index (χ0v) is 23.0. The molecule has 2 aromatic heterocycles. The Kier molecular flexibility index (Phi) is 7.43. The molecule has 0 fully saturated rings. The van der Waals surface area contributed by atoms with Gasteiger partial charge < -0.3 is 19.3 Å². The molecule has 7 nitrogen and oxygen atoms in total. The predicted octanol–water partition coefficient (Wildman–Crippen LogP) is 7.91. The maximum absolute atomic E-state index is 12.4. The number of hydrogen-bond acceptors (Lipinski definition) is 6. The van der Waals surface area contributed by atoms with Gasteiger partial charge in [-0.3, -0.25) is 10.1 Å². The number of carbonyl (C=O) groups excluding carboxylic acids is 1. The molecule has 0 radical (unpaired) electrons. The van der Waals surface area contributed by atoms with Crippen LogP contribution in [0.3, 0.4) is 0 Å². The number of hydrogen-bond donors (Lipinski definition) is 3. The second-order valence-corrected chi connectivity index (χ2v) is 10.0. The van der Waals surface area contributed by atoms with E-state index in [2.05, 4.69) is 15.6 Å². The number of benzene rings is 3. The van der Waals surface area contributed by atoms with Crippen LogP contribution < -0.4 is 10.6 Å². The van der Waals surface area contributed by atoms with Crippen molar-refractivity contribution in [3.05, 3.63) is 93.7 Å². The van der Waals surface area contributed by atoms with Gasteiger partial charge in [-0.1, -0.05) is 29.3 Å². The van der Waals surface area contributed by atoms with Gasteiger partial charge in [-0.2, -0.15) is 0 Å². The van der Waals surface area contributed by atoms with Gasteiger partial charge >= 0.3 is 0 Å². The number of phenolic OH excluding ortho intramolecular Hbond substituents is 1. The topological polar surface area (TPSA) is 101 Å². The summed E-state index contributed by atoms with van der Waals surface area (Å²) in [4.78, 5) is 16.9. The van der Waals surface area contributed by atoms with E-state index in [4.69, 9.17) is 44.3 Å². The largest absolute Gasteiger partial charge is 0.507 e. The highest BCUT2D eigenvalue weighted by Crippen LogP contribution is 2.34. The van der Waals surface area contributed by atoms with Gasteiger partial charge in [0.05, 0.1) is 10.6 Å². The van der Waals surface area contributed by atoms with Gasteiger partial charge in [0.25, 0.3) is 0 Å². The Balaban J connectivity index is 1.21. The fourth-order valence-corrected chi connectivity index (χ4v) is 4.75. The molecule has 1 amide bonds. The second kappa shape index (κ2) is 10.9. The lowest BCUT2D eigenvalue weighted by Gasteiger charge is -2.09. The number of amides is 1. The van der Waals surface area contributed by atoms with Crippen molar-refractivity contribution in [3.8, 4) is 28.5 Å². The Morgan fingerprint density at radius 2 is 1.79 bits per heavy atom. The normalized spacial score (nSPS) is 11.3. The zero-order valence-electron chi connectivity index (χ0n) is 20.7. The van der Waals surface area contributed by atoms with Crippen molar-refractivity contribution in [2.24, 2.45) is 0 Å². The number of carbonyl (C=O) groups is 1. The van der Waals surface area contributed by atoms with E-state index in [1.165, 1.54) is 18.2 Å². The van der Waals surface area contributed by atoms with E-state index in [1.807, 2.05) is 26.0 Å². The number of anilines is 1. The minimum absolute atomic E-state index is 0.0515. The first-order valence-corrected chi connectivity index (χ1v) is 12.9. The lowest BCUT2D eigenvalue weighted by molar-refractivity contribution is -0.115.